The van der Waals surface area contributed by atoms with Crippen molar-refractivity contribution in [3.8, 4) is 0 Å². The summed E-state index contributed by atoms with van der Waals surface area (Å²) in [5.74, 6) is 0.247. The maximum atomic E-state index is 11.5. The number of carbonyl (C=O) groups excluding carboxylic acids is 1. The van der Waals surface area contributed by atoms with Crippen molar-refractivity contribution in [1.29, 1.82) is 0 Å². The predicted molar refractivity (Wildman–Crippen MR) is 86.5 cm³/mol. The zero-order valence-electron chi connectivity index (χ0n) is 13.9. The van der Waals surface area contributed by atoms with E-state index in [1.807, 2.05) is 40.7 Å². The highest BCUT2D eigenvalue weighted by Crippen LogP contribution is 2.13. The van der Waals surface area contributed by atoms with Crippen LogP contribution in [0, 0.1) is 0 Å². The lowest BCUT2D eigenvalue weighted by atomic mass is 10.1. The summed E-state index contributed by atoms with van der Waals surface area (Å²) in [5.41, 5.74) is 0.880. The van der Waals surface area contributed by atoms with Crippen LogP contribution in [-0.4, -0.2) is 17.9 Å². The van der Waals surface area contributed by atoms with Crippen LogP contribution in [0.5, 0.6) is 0 Å². The Morgan fingerprint density at radius 2 is 1.84 bits per heavy atom. The van der Waals surface area contributed by atoms with Gasteiger partial charge in [0.15, 0.2) is 5.78 Å². The van der Waals surface area contributed by atoms with Crippen LogP contribution in [0.15, 0.2) is 23.8 Å². The number of hydrogen-bond acceptors (Lipinski definition) is 2. The predicted octanol–water partition coefficient (Wildman–Crippen LogP) is 4.66. The number of Topliss-reactive ketones (excluding diaryl/α,β-unsaturated/α-hetero) is 1. The largest absolute Gasteiger partial charge is 0.311 e. The Hall–Kier alpha value is -0.890. The van der Waals surface area contributed by atoms with Crippen molar-refractivity contribution >= 4 is 5.78 Å². The first-order valence-corrected chi connectivity index (χ1v) is 7.79. The van der Waals surface area contributed by atoms with E-state index >= 15 is 0 Å². The molecule has 0 bridgehead atoms. The summed E-state index contributed by atoms with van der Waals surface area (Å²) in [7, 11) is 0. The van der Waals surface area contributed by atoms with Crippen molar-refractivity contribution in [1.82, 2.24) is 5.32 Å². The van der Waals surface area contributed by atoms with E-state index in [4.69, 9.17) is 0 Å². The molecule has 0 amide bonds. The van der Waals surface area contributed by atoms with Crippen molar-refractivity contribution in [3.05, 3.63) is 23.8 Å². The molecule has 0 saturated heterocycles. The highest BCUT2D eigenvalue weighted by atomic mass is 16.1. The fourth-order valence-corrected chi connectivity index (χ4v) is 1.81. The molecule has 0 fully saturated rings. The molecule has 0 heterocycles. The first kappa shape index (κ1) is 20.4. The van der Waals surface area contributed by atoms with Crippen LogP contribution in [0.1, 0.15) is 67.7 Å². The lowest BCUT2D eigenvalue weighted by molar-refractivity contribution is -0.115. The third-order valence-electron chi connectivity index (χ3n) is 2.55. The van der Waals surface area contributed by atoms with Crippen LogP contribution in [0.4, 0.5) is 0 Å². The molecule has 0 aromatic rings. The number of allylic oxidation sites excluding steroid dienone is 2. The molecule has 0 aliphatic heterocycles. The topological polar surface area (TPSA) is 29.1 Å². The van der Waals surface area contributed by atoms with Crippen LogP contribution in [0.25, 0.3) is 0 Å². The number of nitrogens with one attached hydrogen (secondary N) is 1. The van der Waals surface area contributed by atoms with Gasteiger partial charge in [0.2, 0.25) is 0 Å². The molecule has 0 aromatic carbocycles. The first-order chi connectivity index (χ1) is 9.13. The minimum Gasteiger partial charge on any atom is -0.311 e. The fourth-order valence-electron chi connectivity index (χ4n) is 1.81. The molecular weight excluding hydrogens is 234 g/mol. The van der Waals surface area contributed by atoms with Gasteiger partial charge in [0.05, 0.1) is 0 Å². The molecule has 1 rings (SSSR count). The maximum Gasteiger partial charge on any atom is 0.162 e. The molecule has 0 spiro atoms. The van der Waals surface area contributed by atoms with E-state index in [0.717, 1.165) is 18.4 Å². The van der Waals surface area contributed by atoms with E-state index < -0.39 is 0 Å². The van der Waals surface area contributed by atoms with Crippen molar-refractivity contribution in [2.24, 2.45) is 0 Å². The molecule has 0 radical (unpaired) electrons. The molecule has 19 heavy (non-hydrogen) atoms. The second kappa shape index (κ2) is 13.5. The van der Waals surface area contributed by atoms with Crippen LogP contribution in [-0.2, 0) is 4.79 Å². The lowest BCUT2D eigenvalue weighted by Crippen LogP contribution is -2.33. The standard InChI is InChI=1S/C13H21NO.2C2H6/c1-4-13(15)11-6-5-7-12(9-8-11)14-10(2)3;2*1-2/h5-6,8,10,12,14H,4,7,9H2,1-3H3;2*1-2H3. The molecule has 1 unspecified atom stereocenters. The quantitative estimate of drug-likeness (QED) is 0.802. The number of hydrogen-bond donors (Lipinski definition) is 1. The van der Waals surface area contributed by atoms with E-state index in [0.29, 0.717) is 18.5 Å². The summed E-state index contributed by atoms with van der Waals surface area (Å²) in [5, 5.41) is 3.49. The van der Waals surface area contributed by atoms with Gasteiger partial charge >= 0.3 is 0 Å². The van der Waals surface area contributed by atoms with Gasteiger partial charge in [-0.15, -0.1) is 0 Å². The number of carbonyl (C=O) groups is 1. The Morgan fingerprint density at radius 1 is 1.26 bits per heavy atom. The van der Waals surface area contributed by atoms with Gasteiger partial charge in [-0.1, -0.05) is 66.7 Å². The molecule has 1 N–H and O–H groups in total. The summed E-state index contributed by atoms with van der Waals surface area (Å²) < 4.78 is 0. The van der Waals surface area contributed by atoms with E-state index in [1.54, 1.807) is 0 Å². The van der Waals surface area contributed by atoms with Crippen molar-refractivity contribution in [2.45, 2.75) is 79.8 Å². The van der Waals surface area contributed by atoms with Crippen molar-refractivity contribution in [3.63, 3.8) is 0 Å². The zero-order valence-corrected chi connectivity index (χ0v) is 13.9. The average molecular weight is 267 g/mol. The molecule has 0 aromatic heterocycles. The van der Waals surface area contributed by atoms with Crippen molar-refractivity contribution < 1.29 is 4.79 Å². The molecule has 1 atom stereocenters. The Bertz CT molecular complexity index is 277. The monoisotopic (exact) mass is 267 g/mol. The minimum atomic E-state index is 0.247. The fraction of sp³-hybridized carbons (Fsp3) is 0.706. The SMILES string of the molecule is CC.CC.CCC(=O)C1=CCC(NC(C)C)CC=C1. The van der Waals surface area contributed by atoms with Crippen LogP contribution in [0.3, 0.4) is 0 Å². The summed E-state index contributed by atoms with van der Waals surface area (Å²) in [6.45, 7) is 14.2. The smallest absolute Gasteiger partial charge is 0.162 e. The van der Waals surface area contributed by atoms with Crippen LogP contribution < -0.4 is 5.32 Å². The summed E-state index contributed by atoms with van der Waals surface area (Å²) >= 11 is 0. The molecular formula is C17H33NO. The maximum absolute atomic E-state index is 11.5. The summed E-state index contributed by atoms with van der Waals surface area (Å²) in [4.78, 5) is 11.5. The molecule has 1 aliphatic rings. The van der Waals surface area contributed by atoms with Crippen LogP contribution in [0.2, 0.25) is 0 Å². The van der Waals surface area contributed by atoms with Gasteiger partial charge in [-0.25, -0.2) is 0 Å². The molecule has 2 heteroatoms. The van der Waals surface area contributed by atoms with E-state index in [9.17, 15) is 4.79 Å². The van der Waals surface area contributed by atoms with Gasteiger partial charge in [0.1, 0.15) is 0 Å². The van der Waals surface area contributed by atoms with Crippen molar-refractivity contribution in [2.75, 3.05) is 0 Å². The average Bonchev–Trinajstić information content (AvgIpc) is 2.67. The van der Waals surface area contributed by atoms with Gasteiger partial charge in [0.25, 0.3) is 0 Å². The van der Waals surface area contributed by atoms with Gasteiger partial charge in [-0.05, 0) is 12.8 Å². The third-order valence-corrected chi connectivity index (χ3v) is 2.55. The highest BCUT2D eigenvalue weighted by molar-refractivity contribution is 5.97. The summed E-state index contributed by atoms with van der Waals surface area (Å²) in [6.07, 6.45) is 8.69. The number of ketones is 1. The molecule has 2 nitrogen and oxygen atoms in total. The minimum absolute atomic E-state index is 0.247. The Kier molecular flexibility index (Phi) is 14.6. The van der Waals surface area contributed by atoms with E-state index in [2.05, 4.69) is 31.3 Å². The Balaban J connectivity index is 0. The summed E-state index contributed by atoms with van der Waals surface area (Å²) in [6, 6.07) is 0.976. The normalized spacial score (nSPS) is 17.5. The zero-order chi connectivity index (χ0) is 15.3. The van der Waals surface area contributed by atoms with E-state index in [1.165, 1.54) is 0 Å². The lowest BCUT2D eigenvalue weighted by Gasteiger charge is -2.17. The third kappa shape index (κ3) is 9.66. The number of rotatable bonds is 4. The highest BCUT2D eigenvalue weighted by Gasteiger charge is 2.12. The second-order valence-corrected chi connectivity index (χ2v) is 4.33. The molecule has 1 aliphatic carbocycles. The van der Waals surface area contributed by atoms with Gasteiger partial charge in [-0.3, -0.25) is 4.79 Å². The Morgan fingerprint density at radius 3 is 2.32 bits per heavy atom. The molecule has 0 saturated carbocycles. The van der Waals surface area contributed by atoms with Crippen LogP contribution >= 0.6 is 0 Å². The first-order valence-electron chi connectivity index (χ1n) is 7.79. The van der Waals surface area contributed by atoms with Gasteiger partial charge in [-0.2, -0.15) is 0 Å². The Labute approximate surface area is 120 Å². The van der Waals surface area contributed by atoms with Gasteiger partial charge in [0, 0.05) is 24.1 Å². The molecule has 112 valence electrons. The van der Waals surface area contributed by atoms with Gasteiger partial charge < -0.3 is 5.32 Å². The second-order valence-electron chi connectivity index (χ2n) is 4.33. The van der Waals surface area contributed by atoms with E-state index in [-0.39, 0.29) is 5.78 Å².